The zero-order valence-electron chi connectivity index (χ0n) is 16.2. The van der Waals surface area contributed by atoms with Crippen LogP contribution in [0.4, 0.5) is 0 Å². The minimum atomic E-state index is -0.153. The molecular formula is C21H35N3O2. The molecule has 4 fully saturated rings. The van der Waals surface area contributed by atoms with E-state index >= 15 is 0 Å². The van der Waals surface area contributed by atoms with E-state index < -0.39 is 0 Å². The molecule has 2 amide bonds. The normalized spacial score (nSPS) is 30.9. The van der Waals surface area contributed by atoms with Crippen molar-refractivity contribution in [2.24, 2.45) is 11.3 Å². The Morgan fingerprint density at radius 1 is 1.04 bits per heavy atom. The van der Waals surface area contributed by atoms with Crippen molar-refractivity contribution in [1.29, 1.82) is 0 Å². The predicted molar refractivity (Wildman–Crippen MR) is 102 cm³/mol. The van der Waals surface area contributed by atoms with Crippen molar-refractivity contribution in [3.8, 4) is 0 Å². The van der Waals surface area contributed by atoms with Gasteiger partial charge in [0, 0.05) is 38.6 Å². The van der Waals surface area contributed by atoms with E-state index in [1.165, 1.54) is 32.1 Å². The first-order valence-electron chi connectivity index (χ1n) is 11.0. The third-order valence-electron chi connectivity index (χ3n) is 7.06. The second-order valence-corrected chi connectivity index (χ2v) is 9.26. The van der Waals surface area contributed by atoms with Crippen LogP contribution in [0.25, 0.3) is 0 Å². The molecule has 26 heavy (non-hydrogen) atoms. The van der Waals surface area contributed by atoms with Gasteiger partial charge in [-0.2, -0.15) is 0 Å². The average molecular weight is 362 g/mol. The first kappa shape index (κ1) is 18.3. The van der Waals surface area contributed by atoms with Crippen LogP contribution in [0.2, 0.25) is 0 Å². The Labute approximate surface area is 157 Å². The summed E-state index contributed by atoms with van der Waals surface area (Å²) in [7, 11) is 0. The second kappa shape index (κ2) is 7.87. The maximum atomic E-state index is 13.3. The lowest BCUT2D eigenvalue weighted by molar-refractivity contribution is -0.146. The minimum Gasteiger partial charge on any atom is -0.353 e. The molecule has 2 saturated heterocycles. The van der Waals surface area contributed by atoms with E-state index in [9.17, 15) is 9.59 Å². The fourth-order valence-electron chi connectivity index (χ4n) is 5.32. The highest BCUT2D eigenvalue weighted by atomic mass is 16.2. The fraction of sp³-hybridized carbons (Fsp3) is 0.905. The molecule has 1 atom stereocenters. The number of likely N-dealkylation sites (tertiary alicyclic amines) is 2. The molecule has 146 valence electrons. The molecule has 2 heterocycles. The number of piperidine rings is 1. The van der Waals surface area contributed by atoms with Gasteiger partial charge in [0.2, 0.25) is 11.8 Å². The van der Waals surface area contributed by atoms with E-state index in [1.54, 1.807) is 0 Å². The fourth-order valence-corrected chi connectivity index (χ4v) is 5.32. The van der Waals surface area contributed by atoms with Gasteiger partial charge in [-0.15, -0.1) is 0 Å². The molecule has 2 saturated carbocycles. The number of carbonyl (C=O) groups excluding carboxylic acids is 2. The van der Waals surface area contributed by atoms with Gasteiger partial charge in [-0.25, -0.2) is 0 Å². The lowest BCUT2D eigenvalue weighted by atomic mass is 9.77. The van der Waals surface area contributed by atoms with Crippen LogP contribution in [0, 0.1) is 11.3 Å². The van der Waals surface area contributed by atoms with Crippen molar-refractivity contribution >= 4 is 11.8 Å². The Kier molecular flexibility index (Phi) is 5.53. The molecule has 4 aliphatic rings. The first-order valence-corrected chi connectivity index (χ1v) is 11.0. The lowest BCUT2D eigenvalue weighted by Crippen LogP contribution is -2.51. The molecule has 0 radical (unpaired) electrons. The molecule has 2 aliphatic carbocycles. The smallest absolute Gasteiger partial charge is 0.230 e. The van der Waals surface area contributed by atoms with Crippen molar-refractivity contribution in [1.82, 2.24) is 15.1 Å². The molecule has 0 aromatic heterocycles. The lowest BCUT2D eigenvalue weighted by Gasteiger charge is -2.41. The quantitative estimate of drug-likeness (QED) is 0.791. The van der Waals surface area contributed by atoms with Crippen LogP contribution in [0.3, 0.4) is 0 Å². The maximum Gasteiger partial charge on any atom is 0.230 e. The van der Waals surface area contributed by atoms with Gasteiger partial charge in [-0.1, -0.05) is 19.3 Å². The van der Waals surface area contributed by atoms with E-state index in [0.717, 1.165) is 70.7 Å². The van der Waals surface area contributed by atoms with E-state index in [1.807, 2.05) is 0 Å². The molecular weight excluding hydrogens is 326 g/mol. The summed E-state index contributed by atoms with van der Waals surface area (Å²) in [5, 5.41) is 3.07. The van der Waals surface area contributed by atoms with Crippen molar-refractivity contribution in [2.45, 2.75) is 76.7 Å². The summed E-state index contributed by atoms with van der Waals surface area (Å²) in [6.07, 6.45) is 12.7. The van der Waals surface area contributed by atoms with Crippen LogP contribution in [0.5, 0.6) is 0 Å². The molecule has 0 bridgehead atoms. The molecule has 1 N–H and O–H groups in total. The second-order valence-electron chi connectivity index (χ2n) is 9.26. The third kappa shape index (κ3) is 4.24. The predicted octanol–water partition coefficient (Wildman–Crippen LogP) is 2.55. The van der Waals surface area contributed by atoms with Gasteiger partial charge in [0.15, 0.2) is 0 Å². The number of nitrogens with one attached hydrogen (secondary N) is 1. The third-order valence-corrected chi connectivity index (χ3v) is 7.06. The summed E-state index contributed by atoms with van der Waals surface area (Å²) in [5.74, 6) is 1.33. The van der Waals surface area contributed by atoms with Crippen LogP contribution in [-0.2, 0) is 9.59 Å². The van der Waals surface area contributed by atoms with Gasteiger partial charge < -0.3 is 15.1 Å². The highest BCUT2D eigenvalue weighted by Crippen LogP contribution is 2.40. The minimum absolute atomic E-state index is 0.153. The molecule has 1 spiro atoms. The van der Waals surface area contributed by atoms with E-state index in [4.69, 9.17) is 0 Å². The van der Waals surface area contributed by atoms with Gasteiger partial charge in [0.25, 0.3) is 0 Å². The summed E-state index contributed by atoms with van der Waals surface area (Å²) < 4.78 is 0. The van der Waals surface area contributed by atoms with E-state index in [0.29, 0.717) is 18.4 Å². The molecule has 2 aliphatic heterocycles. The molecule has 4 rings (SSSR count). The van der Waals surface area contributed by atoms with Crippen molar-refractivity contribution < 1.29 is 9.59 Å². The summed E-state index contributed by atoms with van der Waals surface area (Å²) in [6.45, 7) is 4.59. The van der Waals surface area contributed by atoms with Crippen LogP contribution < -0.4 is 5.32 Å². The molecule has 0 aromatic rings. The SMILES string of the molecule is O=C(CCN1CC[C@]2(CCCN(CC3CCCCC3)C2=O)C1)NC1CC1. The Bertz CT molecular complexity index is 527. The van der Waals surface area contributed by atoms with E-state index in [-0.39, 0.29) is 11.3 Å². The number of nitrogens with zero attached hydrogens (tertiary/aromatic N) is 2. The zero-order valence-corrected chi connectivity index (χ0v) is 16.2. The monoisotopic (exact) mass is 361 g/mol. The largest absolute Gasteiger partial charge is 0.353 e. The summed E-state index contributed by atoms with van der Waals surface area (Å²) in [6, 6.07) is 0.445. The molecule has 0 unspecified atom stereocenters. The van der Waals surface area contributed by atoms with Gasteiger partial charge in [-0.05, 0) is 57.4 Å². The number of amides is 2. The van der Waals surface area contributed by atoms with Gasteiger partial charge in [0.1, 0.15) is 0 Å². The average Bonchev–Trinajstić information content (AvgIpc) is 3.37. The first-order chi connectivity index (χ1) is 12.6. The summed E-state index contributed by atoms with van der Waals surface area (Å²) >= 11 is 0. The van der Waals surface area contributed by atoms with Crippen LogP contribution >= 0.6 is 0 Å². The number of hydrogen-bond acceptors (Lipinski definition) is 3. The highest BCUT2D eigenvalue weighted by Gasteiger charge is 2.48. The van der Waals surface area contributed by atoms with Crippen molar-refractivity contribution in [3.63, 3.8) is 0 Å². The molecule has 5 heteroatoms. The Morgan fingerprint density at radius 2 is 1.85 bits per heavy atom. The molecule has 0 aromatic carbocycles. The topological polar surface area (TPSA) is 52.7 Å². The Morgan fingerprint density at radius 3 is 2.62 bits per heavy atom. The zero-order chi connectivity index (χ0) is 18.0. The van der Waals surface area contributed by atoms with Crippen molar-refractivity contribution in [2.75, 3.05) is 32.7 Å². The maximum absolute atomic E-state index is 13.3. The standard InChI is InChI=1S/C21H35N3O2/c25-19(22-18-7-8-18)9-13-23-14-11-21(16-23)10-4-12-24(20(21)26)15-17-5-2-1-3-6-17/h17-18H,1-16H2,(H,22,25)/t21-/m1/s1. The van der Waals surface area contributed by atoms with Crippen molar-refractivity contribution in [3.05, 3.63) is 0 Å². The van der Waals surface area contributed by atoms with Crippen LogP contribution in [0.1, 0.15) is 70.6 Å². The van der Waals surface area contributed by atoms with Gasteiger partial charge in [0.05, 0.1) is 5.41 Å². The van der Waals surface area contributed by atoms with E-state index in [2.05, 4.69) is 15.1 Å². The van der Waals surface area contributed by atoms with Crippen LogP contribution in [0.15, 0.2) is 0 Å². The van der Waals surface area contributed by atoms with Gasteiger partial charge in [-0.3, -0.25) is 9.59 Å². The highest BCUT2D eigenvalue weighted by molar-refractivity contribution is 5.84. The summed E-state index contributed by atoms with van der Waals surface area (Å²) in [5.41, 5.74) is -0.153. The Hall–Kier alpha value is -1.10. The van der Waals surface area contributed by atoms with Gasteiger partial charge >= 0.3 is 0 Å². The number of rotatable bonds is 6. The number of carbonyl (C=O) groups is 2. The number of hydrogen-bond donors (Lipinski definition) is 1. The van der Waals surface area contributed by atoms with Crippen LogP contribution in [-0.4, -0.2) is 60.4 Å². The summed E-state index contributed by atoms with van der Waals surface area (Å²) in [4.78, 5) is 29.8. The molecule has 5 nitrogen and oxygen atoms in total. The Balaban J connectivity index is 1.28.